The van der Waals surface area contributed by atoms with Crippen LogP contribution in [-0.2, 0) is 6.42 Å². The molecule has 0 amide bonds. The van der Waals surface area contributed by atoms with E-state index in [1.54, 1.807) is 7.11 Å². The van der Waals surface area contributed by atoms with Crippen LogP contribution in [0.1, 0.15) is 31.4 Å². The highest BCUT2D eigenvalue weighted by molar-refractivity contribution is 5.61. The third-order valence-corrected chi connectivity index (χ3v) is 3.37. The third kappa shape index (κ3) is 1.89. The van der Waals surface area contributed by atoms with Gasteiger partial charge in [-0.2, -0.15) is 0 Å². The molecular weight excluding hydrogens is 198 g/mol. The van der Waals surface area contributed by atoms with Crippen molar-refractivity contribution < 1.29 is 4.74 Å². The second kappa shape index (κ2) is 4.36. The molecule has 88 valence electrons. The van der Waals surface area contributed by atoms with Gasteiger partial charge in [0.25, 0.3) is 0 Å². The monoisotopic (exact) mass is 219 g/mol. The topological polar surface area (TPSA) is 12.5 Å². The maximum absolute atomic E-state index is 5.41. The van der Waals surface area contributed by atoms with Gasteiger partial charge in [-0.3, -0.25) is 0 Å². The van der Waals surface area contributed by atoms with Gasteiger partial charge in [-0.05, 0) is 44.7 Å². The normalized spacial score (nSPS) is 15.2. The molecule has 1 aliphatic heterocycles. The highest BCUT2D eigenvalue weighted by atomic mass is 16.5. The molecule has 1 aromatic carbocycles. The Hall–Kier alpha value is -1.18. The van der Waals surface area contributed by atoms with E-state index in [0.29, 0.717) is 6.04 Å². The Morgan fingerprint density at radius 2 is 2.06 bits per heavy atom. The van der Waals surface area contributed by atoms with Crippen LogP contribution in [0.2, 0.25) is 0 Å². The van der Waals surface area contributed by atoms with Crippen molar-refractivity contribution in [3.63, 3.8) is 0 Å². The second-order valence-electron chi connectivity index (χ2n) is 4.84. The van der Waals surface area contributed by atoms with Gasteiger partial charge < -0.3 is 9.64 Å². The van der Waals surface area contributed by atoms with Crippen molar-refractivity contribution in [2.75, 3.05) is 18.6 Å². The van der Waals surface area contributed by atoms with Crippen LogP contribution in [0.15, 0.2) is 12.1 Å². The number of benzene rings is 1. The van der Waals surface area contributed by atoms with Crippen molar-refractivity contribution in [1.29, 1.82) is 0 Å². The summed E-state index contributed by atoms with van der Waals surface area (Å²) < 4.78 is 5.41. The van der Waals surface area contributed by atoms with Crippen LogP contribution in [0.5, 0.6) is 5.75 Å². The summed E-state index contributed by atoms with van der Waals surface area (Å²) in [5.74, 6) is 1.01. The van der Waals surface area contributed by atoms with Crippen molar-refractivity contribution in [2.24, 2.45) is 0 Å². The first-order valence-electron chi connectivity index (χ1n) is 6.07. The maximum Gasteiger partial charge on any atom is 0.123 e. The Balaban J connectivity index is 2.46. The quantitative estimate of drug-likeness (QED) is 0.757. The van der Waals surface area contributed by atoms with Crippen molar-refractivity contribution in [3.05, 3.63) is 23.3 Å². The van der Waals surface area contributed by atoms with Gasteiger partial charge in [-0.25, -0.2) is 0 Å². The molecule has 0 bridgehead atoms. The molecule has 2 nitrogen and oxygen atoms in total. The molecule has 0 atom stereocenters. The van der Waals surface area contributed by atoms with Gasteiger partial charge in [-0.1, -0.05) is 6.07 Å². The first kappa shape index (κ1) is 11.3. The average Bonchev–Trinajstić information content (AvgIpc) is 2.26. The average molecular weight is 219 g/mol. The molecule has 1 aliphatic rings. The number of fused-ring (bicyclic) bond motifs is 1. The molecule has 0 unspecified atom stereocenters. The molecule has 0 N–H and O–H groups in total. The number of anilines is 1. The fraction of sp³-hybridized carbons (Fsp3) is 0.571. The lowest BCUT2D eigenvalue weighted by Crippen LogP contribution is -2.35. The molecule has 16 heavy (non-hydrogen) atoms. The van der Waals surface area contributed by atoms with Crippen molar-refractivity contribution in [2.45, 2.75) is 39.7 Å². The Kier molecular flexibility index (Phi) is 3.08. The number of hydrogen-bond donors (Lipinski definition) is 0. The van der Waals surface area contributed by atoms with E-state index in [0.717, 1.165) is 12.3 Å². The fourth-order valence-electron chi connectivity index (χ4n) is 2.52. The summed E-state index contributed by atoms with van der Waals surface area (Å²) in [6.45, 7) is 7.78. The summed E-state index contributed by atoms with van der Waals surface area (Å²) >= 11 is 0. The lowest BCUT2D eigenvalue weighted by atomic mass is 9.98. The largest absolute Gasteiger partial charge is 0.496 e. The van der Waals surface area contributed by atoms with E-state index in [2.05, 4.69) is 37.8 Å². The molecule has 2 heteroatoms. The Labute approximate surface area is 98.2 Å². The molecule has 2 rings (SSSR count). The Bertz CT molecular complexity index is 385. The van der Waals surface area contributed by atoms with E-state index in [1.807, 2.05) is 0 Å². The van der Waals surface area contributed by atoms with Crippen LogP contribution in [0.25, 0.3) is 0 Å². The van der Waals surface area contributed by atoms with Gasteiger partial charge in [0.15, 0.2) is 0 Å². The van der Waals surface area contributed by atoms with E-state index in [-0.39, 0.29) is 0 Å². The predicted octanol–water partition coefficient (Wildman–Crippen LogP) is 3.16. The second-order valence-corrected chi connectivity index (χ2v) is 4.84. The van der Waals surface area contributed by atoms with E-state index in [4.69, 9.17) is 4.74 Å². The number of methoxy groups -OCH3 is 1. The molecule has 0 fully saturated rings. The molecule has 0 aromatic heterocycles. The van der Waals surface area contributed by atoms with Crippen LogP contribution < -0.4 is 9.64 Å². The summed E-state index contributed by atoms with van der Waals surface area (Å²) in [7, 11) is 1.75. The zero-order chi connectivity index (χ0) is 11.7. The molecule has 0 spiro atoms. The highest BCUT2D eigenvalue weighted by Crippen LogP contribution is 2.34. The zero-order valence-corrected chi connectivity index (χ0v) is 10.7. The molecule has 0 aliphatic carbocycles. The minimum atomic E-state index is 0.562. The fourth-order valence-corrected chi connectivity index (χ4v) is 2.52. The standard InChI is InChI=1S/C14H21NO/c1-10(2)15-7-5-6-12-8-11(3)14(16-4)9-13(12)15/h8-10H,5-7H2,1-4H3. The van der Waals surface area contributed by atoms with Crippen molar-refractivity contribution in [1.82, 2.24) is 0 Å². The lowest BCUT2D eigenvalue weighted by Gasteiger charge is -2.35. The highest BCUT2D eigenvalue weighted by Gasteiger charge is 2.20. The van der Waals surface area contributed by atoms with Gasteiger partial charge in [0.2, 0.25) is 0 Å². The number of rotatable bonds is 2. The summed E-state index contributed by atoms with van der Waals surface area (Å²) in [6.07, 6.45) is 2.46. The van der Waals surface area contributed by atoms with E-state index in [9.17, 15) is 0 Å². The van der Waals surface area contributed by atoms with Crippen LogP contribution in [-0.4, -0.2) is 19.7 Å². The van der Waals surface area contributed by atoms with Crippen molar-refractivity contribution in [3.8, 4) is 5.75 Å². The first-order chi connectivity index (χ1) is 7.63. The van der Waals surface area contributed by atoms with Gasteiger partial charge in [0.05, 0.1) is 7.11 Å². The third-order valence-electron chi connectivity index (χ3n) is 3.37. The number of nitrogens with zero attached hydrogens (tertiary/aromatic N) is 1. The number of ether oxygens (including phenoxy) is 1. The summed E-state index contributed by atoms with van der Waals surface area (Å²) in [5, 5.41) is 0. The molecule has 0 radical (unpaired) electrons. The van der Waals surface area contributed by atoms with Crippen LogP contribution >= 0.6 is 0 Å². The Morgan fingerprint density at radius 1 is 1.31 bits per heavy atom. The van der Waals surface area contributed by atoms with Gasteiger partial charge in [0.1, 0.15) is 5.75 Å². The molecule has 1 aromatic rings. The minimum Gasteiger partial charge on any atom is -0.496 e. The summed E-state index contributed by atoms with van der Waals surface area (Å²) in [4.78, 5) is 2.47. The molecule has 1 heterocycles. The van der Waals surface area contributed by atoms with Gasteiger partial charge in [-0.15, -0.1) is 0 Å². The molecule has 0 saturated heterocycles. The maximum atomic E-state index is 5.41. The van der Waals surface area contributed by atoms with Gasteiger partial charge in [0, 0.05) is 24.3 Å². The van der Waals surface area contributed by atoms with E-state index >= 15 is 0 Å². The smallest absolute Gasteiger partial charge is 0.123 e. The SMILES string of the molecule is COc1cc2c(cc1C)CCCN2C(C)C. The lowest BCUT2D eigenvalue weighted by molar-refractivity contribution is 0.411. The minimum absolute atomic E-state index is 0.562. The van der Waals surface area contributed by atoms with Crippen molar-refractivity contribution >= 4 is 5.69 Å². The van der Waals surface area contributed by atoms with E-state index in [1.165, 1.54) is 29.7 Å². The first-order valence-corrected chi connectivity index (χ1v) is 6.07. The number of hydrogen-bond acceptors (Lipinski definition) is 2. The van der Waals surface area contributed by atoms with E-state index < -0.39 is 0 Å². The molecular formula is C14H21NO. The summed E-state index contributed by atoms with van der Waals surface area (Å²) in [5.41, 5.74) is 4.08. The van der Waals surface area contributed by atoms with Crippen LogP contribution in [0, 0.1) is 6.92 Å². The van der Waals surface area contributed by atoms with Gasteiger partial charge >= 0.3 is 0 Å². The Morgan fingerprint density at radius 3 is 2.69 bits per heavy atom. The summed E-state index contributed by atoms with van der Waals surface area (Å²) in [6, 6.07) is 5.04. The number of aryl methyl sites for hydroxylation is 2. The van der Waals surface area contributed by atoms with Crippen LogP contribution in [0.4, 0.5) is 5.69 Å². The predicted molar refractivity (Wildman–Crippen MR) is 68.5 cm³/mol. The van der Waals surface area contributed by atoms with Crippen LogP contribution in [0.3, 0.4) is 0 Å². The zero-order valence-electron chi connectivity index (χ0n) is 10.7. The molecule has 0 saturated carbocycles.